The van der Waals surface area contributed by atoms with Crippen LogP contribution in [0.1, 0.15) is 44.2 Å². The van der Waals surface area contributed by atoms with Crippen LogP contribution in [0.15, 0.2) is 18.2 Å². The second-order valence-corrected chi connectivity index (χ2v) is 5.45. The van der Waals surface area contributed by atoms with E-state index in [0.717, 1.165) is 18.9 Å². The van der Waals surface area contributed by atoms with Crippen molar-refractivity contribution in [3.05, 3.63) is 35.4 Å². The van der Waals surface area contributed by atoms with Gasteiger partial charge in [-0.15, -0.1) is 0 Å². The fraction of sp³-hybridized carbons (Fsp3) is 0.533. The number of halogens is 2. The minimum atomic E-state index is -0.767. The molecule has 1 saturated carbocycles. The van der Waals surface area contributed by atoms with Gasteiger partial charge in [0.15, 0.2) is 0 Å². The first kappa shape index (κ1) is 14.9. The fourth-order valence-corrected chi connectivity index (χ4v) is 2.86. The summed E-state index contributed by atoms with van der Waals surface area (Å²) in [6.45, 7) is 1.81. The van der Waals surface area contributed by atoms with Gasteiger partial charge in [0.25, 0.3) is 0 Å². The summed E-state index contributed by atoms with van der Waals surface area (Å²) < 4.78 is 26.6. The van der Waals surface area contributed by atoms with Crippen molar-refractivity contribution in [2.75, 3.05) is 0 Å². The first-order chi connectivity index (χ1) is 9.47. The van der Waals surface area contributed by atoms with Gasteiger partial charge in [-0.05, 0) is 32.3 Å². The maximum absolute atomic E-state index is 13.7. The van der Waals surface area contributed by atoms with Gasteiger partial charge in [-0.25, -0.2) is 8.78 Å². The van der Waals surface area contributed by atoms with E-state index in [2.05, 4.69) is 5.32 Å². The third kappa shape index (κ3) is 3.54. The number of carboxylic acids is 1. The lowest BCUT2D eigenvalue weighted by Gasteiger charge is -2.30. The molecule has 0 spiro atoms. The van der Waals surface area contributed by atoms with Gasteiger partial charge in [0.1, 0.15) is 11.6 Å². The van der Waals surface area contributed by atoms with E-state index in [1.54, 1.807) is 6.92 Å². The highest BCUT2D eigenvalue weighted by Gasteiger charge is 2.28. The number of carbonyl (C=O) groups is 1. The third-order valence-electron chi connectivity index (χ3n) is 3.94. The maximum atomic E-state index is 13.7. The Morgan fingerprint density at radius 3 is 2.80 bits per heavy atom. The van der Waals surface area contributed by atoms with Crippen LogP contribution in [0.25, 0.3) is 0 Å². The Morgan fingerprint density at radius 1 is 1.40 bits per heavy atom. The van der Waals surface area contributed by atoms with Crippen LogP contribution in [-0.2, 0) is 4.79 Å². The van der Waals surface area contributed by atoms with E-state index < -0.39 is 17.6 Å². The Labute approximate surface area is 117 Å². The number of benzene rings is 1. The summed E-state index contributed by atoms with van der Waals surface area (Å²) in [5.41, 5.74) is 0.406. The molecule has 0 saturated heterocycles. The molecule has 5 heteroatoms. The van der Waals surface area contributed by atoms with Crippen molar-refractivity contribution in [3.8, 4) is 0 Å². The van der Waals surface area contributed by atoms with Gasteiger partial charge in [-0.3, -0.25) is 4.79 Å². The first-order valence-corrected chi connectivity index (χ1v) is 6.91. The van der Waals surface area contributed by atoms with Gasteiger partial charge in [0, 0.05) is 23.7 Å². The molecule has 1 aromatic carbocycles. The minimum Gasteiger partial charge on any atom is -0.481 e. The number of rotatable bonds is 4. The highest BCUT2D eigenvalue weighted by molar-refractivity contribution is 5.70. The number of nitrogens with one attached hydrogen (secondary N) is 1. The van der Waals surface area contributed by atoms with Gasteiger partial charge in [-0.2, -0.15) is 0 Å². The van der Waals surface area contributed by atoms with Crippen molar-refractivity contribution >= 4 is 5.97 Å². The molecular formula is C15H19F2NO2. The molecule has 2 N–H and O–H groups in total. The molecule has 0 heterocycles. The Bertz CT molecular complexity index is 493. The number of hydrogen-bond donors (Lipinski definition) is 2. The molecule has 0 amide bonds. The maximum Gasteiger partial charge on any atom is 0.306 e. The Morgan fingerprint density at radius 2 is 2.15 bits per heavy atom. The summed E-state index contributed by atoms with van der Waals surface area (Å²) in [5, 5.41) is 12.3. The summed E-state index contributed by atoms with van der Waals surface area (Å²) >= 11 is 0. The van der Waals surface area contributed by atoms with Crippen LogP contribution < -0.4 is 5.32 Å². The zero-order valence-corrected chi connectivity index (χ0v) is 11.4. The normalized spacial score (nSPS) is 24.4. The molecule has 2 rings (SSSR count). The SMILES string of the molecule is CC(NC1CCCC(C(=O)O)C1)c1ccc(F)cc1F. The molecule has 3 unspecified atom stereocenters. The van der Waals surface area contributed by atoms with Crippen LogP contribution in [-0.4, -0.2) is 17.1 Å². The van der Waals surface area contributed by atoms with E-state index in [1.165, 1.54) is 12.1 Å². The molecule has 0 aliphatic heterocycles. The summed E-state index contributed by atoms with van der Waals surface area (Å²) in [6.07, 6.45) is 3.00. The standard InChI is InChI=1S/C15H19F2NO2/c1-9(13-6-5-11(16)8-14(13)17)18-12-4-2-3-10(7-12)15(19)20/h5-6,8-10,12,18H,2-4,7H2,1H3,(H,19,20). The highest BCUT2D eigenvalue weighted by atomic mass is 19.1. The van der Waals surface area contributed by atoms with Gasteiger partial charge in [0.2, 0.25) is 0 Å². The van der Waals surface area contributed by atoms with Crippen LogP contribution in [0, 0.1) is 17.6 Å². The molecule has 0 bridgehead atoms. The van der Waals surface area contributed by atoms with Crippen molar-refractivity contribution in [1.82, 2.24) is 5.32 Å². The molecule has 3 nitrogen and oxygen atoms in total. The van der Waals surface area contributed by atoms with Crippen LogP contribution in [0.3, 0.4) is 0 Å². The average molecular weight is 283 g/mol. The van der Waals surface area contributed by atoms with Gasteiger partial charge < -0.3 is 10.4 Å². The zero-order valence-electron chi connectivity index (χ0n) is 11.4. The monoisotopic (exact) mass is 283 g/mol. The molecular weight excluding hydrogens is 264 g/mol. The molecule has 0 aromatic heterocycles. The molecule has 1 fully saturated rings. The lowest BCUT2D eigenvalue weighted by Crippen LogP contribution is -2.38. The van der Waals surface area contributed by atoms with Gasteiger partial charge in [0.05, 0.1) is 5.92 Å². The van der Waals surface area contributed by atoms with Crippen LogP contribution in [0.5, 0.6) is 0 Å². The van der Waals surface area contributed by atoms with Crippen molar-refractivity contribution in [2.45, 2.75) is 44.7 Å². The van der Waals surface area contributed by atoms with Crippen LogP contribution in [0.4, 0.5) is 8.78 Å². The molecule has 1 aliphatic rings. The summed E-state index contributed by atoms with van der Waals surface area (Å²) in [6, 6.07) is 3.32. The smallest absolute Gasteiger partial charge is 0.306 e. The van der Waals surface area contributed by atoms with Gasteiger partial charge >= 0.3 is 5.97 Å². The molecule has 0 radical (unpaired) electrons. The van der Waals surface area contributed by atoms with E-state index in [1.807, 2.05) is 0 Å². The van der Waals surface area contributed by atoms with Crippen molar-refractivity contribution < 1.29 is 18.7 Å². The fourth-order valence-electron chi connectivity index (χ4n) is 2.86. The quantitative estimate of drug-likeness (QED) is 0.891. The topological polar surface area (TPSA) is 49.3 Å². The van der Waals surface area contributed by atoms with Crippen molar-refractivity contribution in [1.29, 1.82) is 0 Å². The Balaban J connectivity index is 2.00. The molecule has 1 aromatic rings. The van der Waals surface area contributed by atoms with E-state index in [9.17, 15) is 13.6 Å². The number of aliphatic carboxylic acids is 1. The Kier molecular flexibility index (Phi) is 4.70. The summed E-state index contributed by atoms with van der Waals surface area (Å²) in [4.78, 5) is 11.0. The molecule has 3 atom stereocenters. The minimum absolute atomic E-state index is 0.0595. The summed E-state index contributed by atoms with van der Waals surface area (Å²) in [5.74, 6) is -2.26. The average Bonchev–Trinajstić information content (AvgIpc) is 2.38. The van der Waals surface area contributed by atoms with E-state index in [-0.39, 0.29) is 18.0 Å². The molecule has 110 valence electrons. The molecule has 20 heavy (non-hydrogen) atoms. The number of carboxylic acid groups (broad SMARTS) is 1. The van der Waals surface area contributed by atoms with E-state index in [4.69, 9.17) is 5.11 Å². The lowest BCUT2D eigenvalue weighted by molar-refractivity contribution is -0.143. The van der Waals surface area contributed by atoms with Gasteiger partial charge in [-0.1, -0.05) is 12.5 Å². The Hall–Kier alpha value is -1.49. The van der Waals surface area contributed by atoms with Crippen molar-refractivity contribution in [2.24, 2.45) is 5.92 Å². The third-order valence-corrected chi connectivity index (χ3v) is 3.94. The highest BCUT2D eigenvalue weighted by Crippen LogP contribution is 2.27. The molecule has 1 aliphatic carbocycles. The van der Waals surface area contributed by atoms with Crippen LogP contribution >= 0.6 is 0 Å². The summed E-state index contributed by atoms with van der Waals surface area (Å²) in [7, 11) is 0. The second-order valence-electron chi connectivity index (χ2n) is 5.45. The van der Waals surface area contributed by atoms with E-state index >= 15 is 0 Å². The zero-order chi connectivity index (χ0) is 14.7. The number of hydrogen-bond acceptors (Lipinski definition) is 2. The van der Waals surface area contributed by atoms with E-state index in [0.29, 0.717) is 18.4 Å². The predicted molar refractivity (Wildman–Crippen MR) is 71.3 cm³/mol. The predicted octanol–water partition coefficient (Wildman–Crippen LogP) is 3.26. The van der Waals surface area contributed by atoms with Crippen molar-refractivity contribution in [3.63, 3.8) is 0 Å². The van der Waals surface area contributed by atoms with Crippen LogP contribution in [0.2, 0.25) is 0 Å². The lowest BCUT2D eigenvalue weighted by atomic mass is 9.85. The second kappa shape index (κ2) is 6.31. The largest absolute Gasteiger partial charge is 0.481 e. The first-order valence-electron chi connectivity index (χ1n) is 6.91.